The summed E-state index contributed by atoms with van der Waals surface area (Å²) < 4.78 is 1.58. The number of likely N-dealkylation sites (tertiary alicyclic amines) is 1. The van der Waals surface area contributed by atoms with E-state index in [2.05, 4.69) is 50.0 Å². The van der Waals surface area contributed by atoms with Gasteiger partial charge in [0.1, 0.15) is 6.33 Å². The molecule has 7 nitrogen and oxygen atoms in total. The van der Waals surface area contributed by atoms with E-state index >= 15 is 0 Å². The monoisotopic (exact) mass is 328 g/mol. The molecule has 0 spiro atoms. The second-order valence-electron chi connectivity index (χ2n) is 6.27. The fourth-order valence-electron chi connectivity index (χ4n) is 3.11. The number of piperidine rings is 1. The Morgan fingerprint density at radius 3 is 2.92 bits per heavy atom. The highest BCUT2D eigenvalue weighted by atomic mass is 16.1. The zero-order valence-electron chi connectivity index (χ0n) is 13.8. The number of tetrazole rings is 1. The molecule has 1 N–H and O–H groups in total. The molecule has 0 radical (unpaired) electrons. The molecule has 0 bridgehead atoms. The Hall–Kier alpha value is -2.28. The minimum Gasteiger partial charge on any atom is -0.352 e. The van der Waals surface area contributed by atoms with Gasteiger partial charge in [0.15, 0.2) is 0 Å². The fourth-order valence-corrected chi connectivity index (χ4v) is 3.11. The molecule has 1 saturated heterocycles. The first-order valence-corrected chi connectivity index (χ1v) is 8.56. The summed E-state index contributed by atoms with van der Waals surface area (Å²) in [5, 5.41) is 14.0. The van der Waals surface area contributed by atoms with Crippen LogP contribution in [-0.4, -0.2) is 56.7 Å². The Kier molecular flexibility index (Phi) is 5.90. The standard InChI is InChI=1S/C17H24N6O/c24-17(9-12-23-14-18-20-21-23)19-16-7-4-10-22(13-16)11-8-15-5-2-1-3-6-15/h1-3,5-6,14,16H,4,7-13H2,(H,19,24). The molecule has 1 aromatic heterocycles. The van der Waals surface area contributed by atoms with Crippen LogP contribution in [0.15, 0.2) is 36.7 Å². The summed E-state index contributed by atoms with van der Waals surface area (Å²) in [6, 6.07) is 10.8. The first-order valence-electron chi connectivity index (χ1n) is 8.56. The third-order valence-corrected chi connectivity index (χ3v) is 4.39. The number of hydrogen-bond donors (Lipinski definition) is 1. The molecule has 128 valence electrons. The molecule has 1 amide bonds. The van der Waals surface area contributed by atoms with E-state index < -0.39 is 0 Å². The number of amides is 1. The molecule has 2 aromatic rings. The van der Waals surface area contributed by atoms with Crippen molar-refractivity contribution in [2.75, 3.05) is 19.6 Å². The minimum absolute atomic E-state index is 0.0698. The smallest absolute Gasteiger partial charge is 0.222 e. The summed E-state index contributed by atoms with van der Waals surface area (Å²) in [5.41, 5.74) is 1.37. The van der Waals surface area contributed by atoms with Gasteiger partial charge in [0.25, 0.3) is 0 Å². The number of rotatable bonds is 7. The van der Waals surface area contributed by atoms with Crippen molar-refractivity contribution in [1.82, 2.24) is 30.4 Å². The van der Waals surface area contributed by atoms with Crippen molar-refractivity contribution in [3.63, 3.8) is 0 Å². The third-order valence-electron chi connectivity index (χ3n) is 4.39. The largest absolute Gasteiger partial charge is 0.352 e. The quantitative estimate of drug-likeness (QED) is 0.817. The zero-order chi connectivity index (χ0) is 16.6. The summed E-state index contributed by atoms with van der Waals surface area (Å²) in [6.45, 7) is 3.61. The van der Waals surface area contributed by atoms with Gasteiger partial charge in [0.2, 0.25) is 5.91 Å². The van der Waals surface area contributed by atoms with E-state index in [4.69, 9.17) is 0 Å². The Balaban J connectivity index is 1.39. The van der Waals surface area contributed by atoms with Crippen molar-refractivity contribution in [2.24, 2.45) is 0 Å². The maximum absolute atomic E-state index is 12.1. The number of aromatic nitrogens is 4. The number of carbonyl (C=O) groups excluding carboxylic acids is 1. The number of nitrogens with one attached hydrogen (secondary N) is 1. The SMILES string of the molecule is O=C(CCn1cnnn1)NC1CCCN(CCc2ccccc2)C1. The average Bonchev–Trinajstić information content (AvgIpc) is 3.13. The highest BCUT2D eigenvalue weighted by Crippen LogP contribution is 2.11. The van der Waals surface area contributed by atoms with E-state index in [0.717, 1.165) is 38.9 Å². The van der Waals surface area contributed by atoms with Crippen molar-refractivity contribution in [3.05, 3.63) is 42.2 Å². The topological polar surface area (TPSA) is 75.9 Å². The number of carbonyl (C=O) groups is 1. The van der Waals surface area contributed by atoms with Crippen LogP contribution in [-0.2, 0) is 17.8 Å². The second kappa shape index (κ2) is 8.54. The zero-order valence-corrected chi connectivity index (χ0v) is 13.8. The molecule has 1 aromatic carbocycles. The highest BCUT2D eigenvalue weighted by Gasteiger charge is 2.21. The lowest BCUT2D eigenvalue weighted by Gasteiger charge is -2.33. The van der Waals surface area contributed by atoms with Crippen LogP contribution in [0.2, 0.25) is 0 Å². The summed E-state index contributed by atoms with van der Waals surface area (Å²) in [4.78, 5) is 14.5. The van der Waals surface area contributed by atoms with Crippen molar-refractivity contribution in [1.29, 1.82) is 0 Å². The Morgan fingerprint density at radius 2 is 2.12 bits per heavy atom. The first kappa shape index (κ1) is 16.6. The number of aryl methyl sites for hydroxylation is 1. The third kappa shape index (κ3) is 5.13. The van der Waals surface area contributed by atoms with Crippen LogP contribution in [0.5, 0.6) is 0 Å². The Labute approximate surface area is 142 Å². The van der Waals surface area contributed by atoms with Crippen molar-refractivity contribution >= 4 is 5.91 Å². The van der Waals surface area contributed by atoms with Crippen LogP contribution in [0.3, 0.4) is 0 Å². The van der Waals surface area contributed by atoms with Crippen LogP contribution in [0, 0.1) is 0 Å². The van der Waals surface area contributed by atoms with E-state index in [-0.39, 0.29) is 11.9 Å². The molecule has 0 saturated carbocycles. The summed E-state index contributed by atoms with van der Waals surface area (Å²) >= 11 is 0. The first-order chi connectivity index (χ1) is 11.8. The average molecular weight is 328 g/mol. The van der Waals surface area contributed by atoms with Gasteiger partial charge in [-0.25, -0.2) is 4.68 Å². The maximum atomic E-state index is 12.1. The number of benzene rings is 1. The summed E-state index contributed by atoms with van der Waals surface area (Å²) in [6.07, 6.45) is 5.18. The number of hydrogen-bond acceptors (Lipinski definition) is 5. The van der Waals surface area contributed by atoms with Crippen LogP contribution in [0.25, 0.3) is 0 Å². The van der Waals surface area contributed by atoms with Gasteiger partial charge in [-0.2, -0.15) is 0 Å². The van der Waals surface area contributed by atoms with E-state index in [1.807, 2.05) is 6.07 Å². The van der Waals surface area contributed by atoms with Crippen LogP contribution in [0.4, 0.5) is 0 Å². The fraction of sp³-hybridized carbons (Fsp3) is 0.529. The van der Waals surface area contributed by atoms with Crippen molar-refractivity contribution < 1.29 is 4.79 Å². The maximum Gasteiger partial charge on any atom is 0.222 e. The minimum atomic E-state index is 0.0698. The molecule has 24 heavy (non-hydrogen) atoms. The van der Waals surface area contributed by atoms with E-state index in [9.17, 15) is 4.79 Å². The Bertz CT molecular complexity index is 615. The molecule has 7 heteroatoms. The molecule has 1 atom stereocenters. The van der Waals surface area contributed by atoms with Gasteiger partial charge in [-0.05, 0) is 41.8 Å². The van der Waals surface area contributed by atoms with E-state index in [1.165, 1.54) is 11.9 Å². The van der Waals surface area contributed by atoms with Crippen molar-refractivity contribution in [2.45, 2.75) is 38.3 Å². The van der Waals surface area contributed by atoms with Gasteiger partial charge in [0.05, 0.1) is 6.54 Å². The lowest BCUT2D eigenvalue weighted by Crippen LogP contribution is -2.48. The summed E-state index contributed by atoms with van der Waals surface area (Å²) in [7, 11) is 0. The predicted octanol–water partition coefficient (Wildman–Crippen LogP) is 0.887. The van der Waals surface area contributed by atoms with Gasteiger partial charge in [0, 0.05) is 25.6 Å². The molecule has 1 aliphatic heterocycles. The van der Waals surface area contributed by atoms with Crippen LogP contribution in [0.1, 0.15) is 24.8 Å². The van der Waals surface area contributed by atoms with Crippen LogP contribution >= 0.6 is 0 Å². The number of nitrogens with zero attached hydrogens (tertiary/aromatic N) is 5. The predicted molar refractivity (Wildman–Crippen MR) is 90.2 cm³/mol. The highest BCUT2D eigenvalue weighted by molar-refractivity contribution is 5.76. The van der Waals surface area contributed by atoms with Gasteiger partial charge < -0.3 is 10.2 Å². The lowest BCUT2D eigenvalue weighted by molar-refractivity contribution is -0.122. The van der Waals surface area contributed by atoms with Gasteiger partial charge in [-0.1, -0.05) is 30.3 Å². The molecular weight excluding hydrogens is 304 g/mol. The van der Waals surface area contributed by atoms with Crippen molar-refractivity contribution in [3.8, 4) is 0 Å². The summed E-state index contributed by atoms with van der Waals surface area (Å²) in [5.74, 6) is 0.0698. The molecule has 1 unspecified atom stereocenters. The molecule has 0 aliphatic carbocycles. The van der Waals surface area contributed by atoms with Gasteiger partial charge in [-0.3, -0.25) is 4.79 Å². The molecule has 1 aliphatic rings. The molecular formula is C17H24N6O. The van der Waals surface area contributed by atoms with E-state index in [0.29, 0.717) is 13.0 Å². The Morgan fingerprint density at radius 1 is 1.25 bits per heavy atom. The second-order valence-corrected chi connectivity index (χ2v) is 6.27. The van der Waals surface area contributed by atoms with Gasteiger partial charge in [-0.15, -0.1) is 5.10 Å². The van der Waals surface area contributed by atoms with Crippen LogP contribution < -0.4 is 5.32 Å². The normalized spacial score (nSPS) is 18.4. The van der Waals surface area contributed by atoms with Gasteiger partial charge >= 0.3 is 0 Å². The molecule has 2 heterocycles. The lowest BCUT2D eigenvalue weighted by atomic mass is 10.0. The molecule has 3 rings (SSSR count). The van der Waals surface area contributed by atoms with E-state index in [1.54, 1.807) is 4.68 Å². The molecule has 1 fully saturated rings.